The third kappa shape index (κ3) is 4.55. The molecule has 11 heteroatoms. The van der Waals surface area contributed by atoms with E-state index in [1.807, 2.05) is 35.0 Å². The first kappa shape index (κ1) is 22.9. The largest absolute Gasteiger partial charge is 0.342 e. The number of thiophene rings is 1. The number of fused-ring (bicyclic) bond motifs is 2. The summed E-state index contributed by atoms with van der Waals surface area (Å²) < 4.78 is 2.78. The van der Waals surface area contributed by atoms with Crippen LogP contribution >= 0.6 is 11.3 Å². The fraction of sp³-hybridized carbons (Fsp3) is 0.0400. The molecule has 3 aromatic carbocycles. The maximum atomic E-state index is 12.6. The van der Waals surface area contributed by atoms with E-state index in [0.717, 1.165) is 26.7 Å². The Morgan fingerprint density at radius 3 is 2.44 bits per heavy atom. The number of non-ortho nitro benzene ring substituents is 2. The first-order valence-corrected chi connectivity index (χ1v) is 11.5. The second-order valence-corrected chi connectivity index (χ2v) is 9.03. The van der Waals surface area contributed by atoms with Crippen LogP contribution in [0.15, 0.2) is 84.1 Å². The van der Waals surface area contributed by atoms with Crippen LogP contribution in [0.4, 0.5) is 11.4 Å². The molecule has 1 amide bonds. The minimum atomic E-state index is -0.473. The van der Waals surface area contributed by atoms with Crippen molar-refractivity contribution in [3.8, 4) is 0 Å². The van der Waals surface area contributed by atoms with Crippen LogP contribution in [0, 0.1) is 20.2 Å². The molecule has 0 fully saturated rings. The fourth-order valence-corrected chi connectivity index (χ4v) is 4.83. The van der Waals surface area contributed by atoms with Crippen LogP contribution in [-0.4, -0.2) is 26.5 Å². The van der Waals surface area contributed by atoms with Gasteiger partial charge in [-0.05, 0) is 23.8 Å². The molecule has 178 valence electrons. The zero-order valence-electron chi connectivity index (χ0n) is 18.5. The van der Waals surface area contributed by atoms with Crippen molar-refractivity contribution in [2.45, 2.75) is 6.54 Å². The summed E-state index contributed by atoms with van der Waals surface area (Å²) in [5, 5.41) is 27.6. The lowest BCUT2D eigenvalue weighted by Gasteiger charge is -2.05. The summed E-state index contributed by atoms with van der Waals surface area (Å²) in [4.78, 5) is 34.0. The van der Waals surface area contributed by atoms with Gasteiger partial charge in [-0.1, -0.05) is 30.3 Å². The van der Waals surface area contributed by atoms with Crippen molar-refractivity contribution in [1.82, 2.24) is 9.99 Å². The van der Waals surface area contributed by atoms with Crippen LogP contribution < -0.4 is 5.43 Å². The van der Waals surface area contributed by atoms with E-state index >= 15 is 0 Å². The van der Waals surface area contributed by atoms with E-state index in [-0.39, 0.29) is 11.4 Å². The Balaban J connectivity index is 1.35. The molecule has 36 heavy (non-hydrogen) atoms. The normalized spacial score (nSPS) is 11.3. The topological polar surface area (TPSA) is 133 Å². The number of hydrogen-bond donors (Lipinski definition) is 1. The molecular formula is C25H17N5O5S. The number of carbonyl (C=O) groups excluding carboxylic acids is 1. The second-order valence-electron chi connectivity index (χ2n) is 7.94. The minimum absolute atomic E-state index is 0.0320. The van der Waals surface area contributed by atoms with E-state index in [1.54, 1.807) is 30.5 Å². The van der Waals surface area contributed by atoms with Crippen LogP contribution in [0.5, 0.6) is 0 Å². The van der Waals surface area contributed by atoms with E-state index < -0.39 is 15.8 Å². The van der Waals surface area contributed by atoms with Gasteiger partial charge < -0.3 is 4.57 Å². The molecule has 0 bridgehead atoms. The number of hydrogen-bond acceptors (Lipinski definition) is 7. The highest BCUT2D eigenvalue weighted by molar-refractivity contribution is 7.20. The second kappa shape index (κ2) is 9.39. The lowest BCUT2D eigenvalue weighted by Crippen LogP contribution is -2.16. The van der Waals surface area contributed by atoms with E-state index in [2.05, 4.69) is 10.5 Å². The summed E-state index contributed by atoms with van der Waals surface area (Å²) in [6.45, 7) is 0.507. The summed E-state index contributed by atoms with van der Waals surface area (Å²) in [5.74, 6) is -0.412. The molecule has 10 nitrogen and oxygen atoms in total. The molecule has 0 saturated carbocycles. The number of benzene rings is 3. The van der Waals surface area contributed by atoms with E-state index in [0.29, 0.717) is 16.8 Å². The van der Waals surface area contributed by atoms with Crippen LogP contribution in [-0.2, 0) is 6.54 Å². The number of nitrogens with zero attached hydrogens (tertiary/aromatic N) is 4. The molecule has 0 saturated heterocycles. The molecular weight excluding hydrogens is 482 g/mol. The molecule has 0 aliphatic heterocycles. The standard InChI is InChI=1S/C25H17N5O5S/c31-25(24-12-17-11-20(30(34)35)9-10-23(17)36-24)27-26-13-18-15-28(22-4-2-1-3-21(18)22)14-16-5-7-19(8-6-16)29(32)33/h1-13,15H,14H2,(H,27,31). The van der Waals surface area contributed by atoms with Gasteiger partial charge in [-0.3, -0.25) is 25.0 Å². The number of aromatic nitrogens is 1. The van der Waals surface area contributed by atoms with E-state index in [4.69, 9.17) is 0 Å². The molecule has 0 aliphatic carbocycles. The van der Waals surface area contributed by atoms with Crippen LogP contribution in [0.2, 0.25) is 0 Å². The molecule has 0 atom stereocenters. The maximum absolute atomic E-state index is 12.6. The SMILES string of the molecule is O=C(NN=Cc1cn(Cc2ccc([N+](=O)[O-])cc2)c2ccccc12)c1cc2cc([N+](=O)[O-])ccc2s1. The van der Waals surface area contributed by atoms with Crippen LogP contribution in [0.25, 0.3) is 21.0 Å². The lowest BCUT2D eigenvalue weighted by molar-refractivity contribution is -0.385. The Kier molecular flexibility index (Phi) is 5.97. The smallest absolute Gasteiger partial charge is 0.281 e. The number of hydrazone groups is 1. The number of nitro benzene ring substituents is 2. The zero-order chi connectivity index (χ0) is 25.2. The summed E-state index contributed by atoms with van der Waals surface area (Å²) in [7, 11) is 0. The van der Waals surface area contributed by atoms with Crippen LogP contribution in [0.1, 0.15) is 20.8 Å². The quantitative estimate of drug-likeness (QED) is 0.180. The molecule has 1 N–H and O–H groups in total. The summed E-state index contributed by atoms with van der Waals surface area (Å²) in [5.41, 5.74) is 5.18. The number of amides is 1. The van der Waals surface area contributed by atoms with Gasteiger partial charge in [0.2, 0.25) is 0 Å². The van der Waals surface area contributed by atoms with Crippen molar-refractivity contribution in [2.24, 2.45) is 5.10 Å². The van der Waals surface area contributed by atoms with Crippen LogP contribution in [0.3, 0.4) is 0 Å². The molecule has 2 aromatic heterocycles. The molecule has 0 radical (unpaired) electrons. The van der Waals surface area contributed by atoms with Crippen molar-refractivity contribution in [3.63, 3.8) is 0 Å². The summed E-state index contributed by atoms with van der Waals surface area (Å²) >= 11 is 1.23. The fourth-order valence-electron chi connectivity index (χ4n) is 3.90. The maximum Gasteiger partial charge on any atom is 0.281 e. The monoisotopic (exact) mass is 499 g/mol. The number of nitrogens with one attached hydrogen (secondary N) is 1. The highest BCUT2D eigenvalue weighted by Gasteiger charge is 2.13. The minimum Gasteiger partial charge on any atom is -0.342 e. The van der Waals surface area contributed by atoms with Gasteiger partial charge in [0.15, 0.2) is 0 Å². The first-order chi connectivity index (χ1) is 17.4. The number of para-hydroxylation sites is 1. The van der Waals surface area contributed by atoms with E-state index in [9.17, 15) is 25.0 Å². The molecule has 2 heterocycles. The van der Waals surface area contributed by atoms with Gasteiger partial charge in [-0.25, -0.2) is 5.43 Å². The van der Waals surface area contributed by atoms with E-state index in [1.165, 1.54) is 35.6 Å². The first-order valence-electron chi connectivity index (χ1n) is 10.7. The Hall–Kier alpha value is -4.90. The third-order valence-electron chi connectivity index (χ3n) is 5.62. The van der Waals surface area contributed by atoms with Gasteiger partial charge in [0, 0.05) is 63.6 Å². The van der Waals surface area contributed by atoms with Gasteiger partial charge in [0.25, 0.3) is 17.3 Å². The van der Waals surface area contributed by atoms with Crippen molar-refractivity contribution in [1.29, 1.82) is 0 Å². The molecule has 0 spiro atoms. The van der Waals surface area contributed by atoms with Gasteiger partial charge in [-0.2, -0.15) is 5.10 Å². The average Bonchev–Trinajstić information content (AvgIpc) is 3.46. The lowest BCUT2D eigenvalue weighted by atomic mass is 10.2. The average molecular weight is 500 g/mol. The summed E-state index contributed by atoms with van der Waals surface area (Å²) in [6.07, 6.45) is 3.46. The molecule has 0 aliphatic rings. The molecule has 0 unspecified atom stereocenters. The Bertz CT molecular complexity index is 1670. The predicted molar refractivity (Wildman–Crippen MR) is 138 cm³/mol. The van der Waals surface area contributed by atoms with Gasteiger partial charge in [-0.15, -0.1) is 11.3 Å². The molecule has 5 aromatic rings. The Labute approximate surface area is 207 Å². The number of nitro groups is 2. The zero-order valence-corrected chi connectivity index (χ0v) is 19.3. The number of rotatable bonds is 7. The van der Waals surface area contributed by atoms with Crippen molar-refractivity contribution in [2.75, 3.05) is 0 Å². The number of carbonyl (C=O) groups is 1. The summed E-state index contributed by atoms with van der Waals surface area (Å²) in [6, 6.07) is 20.2. The van der Waals surface area contributed by atoms with Crippen molar-refractivity contribution >= 4 is 55.8 Å². The Morgan fingerprint density at radius 1 is 0.972 bits per heavy atom. The van der Waals surface area contributed by atoms with Gasteiger partial charge in [0.1, 0.15) is 0 Å². The van der Waals surface area contributed by atoms with Gasteiger partial charge >= 0.3 is 0 Å². The highest BCUT2D eigenvalue weighted by atomic mass is 32.1. The predicted octanol–water partition coefficient (Wildman–Crippen LogP) is 5.48. The van der Waals surface area contributed by atoms with Crippen molar-refractivity contribution in [3.05, 3.63) is 115 Å². The molecule has 5 rings (SSSR count). The highest BCUT2D eigenvalue weighted by Crippen LogP contribution is 2.29. The van der Waals surface area contributed by atoms with Gasteiger partial charge in [0.05, 0.1) is 20.9 Å². The Morgan fingerprint density at radius 2 is 1.69 bits per heavy atom. The van der Waals surface area contributed by atoms with Crippen molar-refractivity contribution < 1.29 is 14.6 Å². The third-order valence-corrected chi connectivity index (χ3v) is 6.74.